The smallest absolute Gasteiger partial charge is 0.310 e. The maximum absolute atomic E-state index is 12.9. The number of anilines is 1. The number of rotatable bonds is 4. The van der Waals surface area contributed by atoms with Gasteiger partial charge in [-0.15, -0.1) is 0 Å². The Morgan fingerprint density at radius 2 is 2.25 bits per heavy atom. The minimum Gasteiger partial charge on any atom is -0.311 e. The highest BCUT2D eigenvalue weighted by Gasteiger charge is 2.09. The van der Waals surface area contributed by atoms with E-state index in [0.29, 0.717) is 23.1 Å². The largest absolute Gasteiger partial charge is 0.311 e. The van der Waals surface area contributed by atoms with Gasteiger partial charge in [0.25, 0.3) is 0 Å². The van der Waals surface area contributed by atoms with Crippen LogP contribution >= 0.6 is 22.9 Å². The van der Waals surface area contributed by atoms with E-state index in [1.807, 2.05) is 29.1 Å². The molecule has 0 aliphatic rings. The van der Waals surface area contributed by atoms with Crippen LogP contribution in [-0.4, -0.2) is 16.2 Å². The lowest BCUT2D eigenvalue weighted by molar-refractivity contribution is 0.538. The lowest BCUT2D eigenvalue weighted by atomic mass is 10.1. The van der Waals surface area contributed by atoms with Crippen LogP contribution in [0.25, 0.3) is 0 Å². The summed E-state index contributed by atoms with van der Waals surface area (Å²) in [6.07, 6.45) is 2.11. The molecule has 88 valence electrons. The second-order valence-corrected chi connectivity index (χ2v) is 4.07. The Balaban J connectivity index is 3.07. The molecule has 16 heavy (non-hydrogen) atoms. The zero-order valence-electron chi connectivity index (χ0n) is 9.46. The fraction of sp³-hybridized carbons (Fsp3) is 0.500. The molecular formula is C10H14FIN4. The Hall–Kier alpha value is -0.790. The third-order valence-corrected chi connectivity index (χ3v) is 2.73. The van der Waals surface area contributed by atoms with Gasteiger partial charge in [-0.05, 0) is 19.3 Å². The minimum absolute atomic E-state index is 0.381. The van der Waals surface area contributed by atoms with Gasteiger partial charge in [0.15, 0.2) is 5.82 Å². The quantitative estimate of drug-likeness (QED) is 0.397. The molecule has 0 bridgehead atoms. The topological polar surface area (TPSA) is 50.2 Å². The average molecular weight is 336 g/mol. The Bertz CT molecular complexity index is 395. The number of nitrogens with one attached hydrogen (secondary N) is 1. The molecule has 1 rings (SSSR count). The lowest BCUT2D eigenvalue weighted by Crippen LogP contribution is -1.99. The number of aryl methyl sites for hydroxylation is 1. The van der Waals surface area contributed by atoms with Crippen LogP contribution in [0.5, 0.6) is 0 Å². The second kappa shape index (κ2) is 6.07. The molecule has 0 spiro atoms. The van der Waals surface area contributed by atoms with Crippen LogP contribution in [0, 0.1) is 18.9 Å². The van der Waals surface area contributed by atoms with Gasteiger partial charge in [-0.3, -0.25) is 4.99 Å². The lowest BCUT2D eigenvalue weighted by Gasteiger charge is -2.06. The van der Waals surface area contributed by atoms with E-state index in [1.54, 1.807) is 6.92 Å². The molecule has 0 amide bonds. The summed E-state index contributed by atoms with van der Waals surface area (Å²) in [6.45, 7) is 5.87. The van der Waals surface area contributed by atoms with E-state index in [0.717, 1.165) is 6.42 Å². The first-order valence-electron chi connectivity index (χ1n) is 5.03. The summed E-state index contributed by atoms with van der Waals surface area (Å²) >= 11 is 1.90. The summed E-state index contributed by atoms with van der Waals surface area (Å²) in [6, 6.07) is 0. The molecule has 0 radical (unpaired) electrons. The van der Waals surface area contributed by atoms with Gasteiger partial charge in [0, 0.05) is 6.21 Å². The summed E-state index contributed by atoms with van der Waals surface area (Å²) in [4.78, 5) is 11.6. The average Bonchev–Trinajstić information content (AvgIpc) is 2.26. The van der Waals surface area contributed by atoms with Crippen molar-refractivity contribution in [2.24, 2.45) is 10.9 Å². The van der Waals surface area contributed by atoms with Crippen molar-refractivity contribution in [3.05, 3.63) is 11.8 Å². The van der Waals surface area contributed by atoms with E-state index >= 15 is 0 Å². The maximum Gasteiger partial charge on any atom is 0.310 e. The van der Waals surface area contributed by atoms with E-state index in [2.05, 4.69) is 32.3 Å². The predicted molar refractivity (Wildman–Crippen MR) is 72.0 cm³/mol. The monoisotopic (exact) mass is 336 g/mol. The van der Waals surface area contributed by atoms with Gasteiger partial charge >= 0.3 is 6.08 Å². The third kappa shape index (κ3) is 3.36. The zero-order valence-corrected chi connectivity index (χ0v) is 11.6. The number of nitrogens with zero attached hydrogens (tertiary/aromatic N) is 3. The Kier molecular flexibility index (Phi) is 5.04. The second-order valence-electron chi connectivity index (χ2n) is 3.53. The Labute approximate surface area is 108 Å². The molecule has 1 heterocycles. The zero-order chi connectivity index (χ0) is 12.1. The molecule has 0 fully saturated rings. The van der Waals surface area contributed by atoms with Crippen molar-refractivity contribution < 1.29 is 4.39 Å². The van der Waals surface area contributed by atoms with Crippen LogP contribution in [0.3, 0.4) is 0 Å². The normalized spacial score (nSPS) is 13.1. The van der Waals surface area contributed by atoms with Crippen LogP contribution in [0.2, 0.25) is 0 Å². The van der Waals surface area contributed by atoms with Gasteiger partial charge in [0.2, 0.25) is 0 Å². The van der Waals surface area contributed by atoms with Gasteiger partial charge < -0.3 is 3.53 Å². The highest BCUT2D eigenvalue weighted by molar-refractivity contribution is 14.1. The first kappa shape index (κ1) is 13.3. The van der Waals surface area contributed by atoms with E-state index in [1.165, 1.54) is 0 Å². The standard InChI is InChI=1S/C10H14FIN4/c1-4-6(2)5-13-8-7(3)14-10(11)15-9(8)16-12/h5-6H,4H2,1-3H3,(H,14,15,16). The van der Waals surface area contributed by atoms with Crippen molar-refractivity contribution in [3.63, 3.8) is 0 Å². The molecule has 0 aliphatic carbocycles. The van der Waals surface area contributed by atoms with Crippen molar-refractivity contribution in [2.45, 2.75) is 27.2 Å². The van der Waals surface area contributed by atoms with E-state index in [9.17, 15) is 4.39 Å². The number of aliphatic imine (C=N–C) groups is 1. The van der Waals surface area contributed by atoms with Gasteiger partial charge in [-0.1, -0.05) is 13.8 Å². The van der Waals surface area contributed by atoms with Gasteiger partial charge in [-0.25, -0.2) is 4.98 Å². The molecule has 6 heteroatoms. The van der Waals surface area contributed by atoms with Crippen LogP contribution in [0.15, 0.2) is 4.99 Å². The highest BCUT2D eigenvalue weighted by atomic mass is 127. The van der Waals surface area contributed by atoms with Crippen molar-refractivity contribution in [1.29, 1.82) is 0 Å². The number of hydrogen-bond donors (Lipinski definition) is 1. The molecule has 1 aromatic rings. The van der Waals surface area contributed by atoms with Crippen LogP contribution < -0.4 is 3.53 Å². The number of halogens is 2. The van der Waals surface area contributed by atoms with E-state index in [-0.39, 0.29) is 0 Å². The number of aromatic nitrogens is 2. The molecule has 1 N–H and O–H groups in total. The molecule has 1 aromatic heterocycles. The maximum atomic E-state index is 12.9. The number of hydrogen-bond acceptors (Lipinski definition) is 4. The molecule has 4 nitrogen and oxygen atoms in total. The van der Waals surface area contributed by atoms with Crippen LogP contribution in [0.4, 0.5) is 15.9 Å². The van der Waals surface area contributed by atoms with E-state index < -0.39 is 6.08 Å². The summed E-state index contributed by atoms with van der Waals surface area (Å²) in [5, 5.41) is 0. The summed E-state index contributed by atoms with van der Waals surface area (Å²) in [5.74, 6) is 0.789. The Morgan fingerprint density at radius 1 is 1.56 bits per heavy atom. The predicted octanol–water partition coefficient (Wildman–Crippen LogP) is 3.43. The van der Waals surface area contributed by atoms with Crippen LogP contribution in [-0.2, 0) is 0 Å². The minimum atomic E-state index is -0.737. The van der Waals surface area contributed by atoms with Crippen molar-refractivity contribution >= 4 is 40.6 Å². The fourth-order valence-electron chi connectivity index (χ4n) is 1.06. The molecule has 0 aromatic carbocycles. The van der Waals surface area contributed by atoms with Gasteiger partial charge in [-0.2, -0.15) is 9.37 Å². The van der Waals surface area contributed by atoms with Gasteiger partial charge in [0.1, 0.15) is 5.69 Å². The van der Waals surface area contributed by atoms with Crippen molar-refractivity contribution in [3.8, 4) is 0 Å². The first-order chi connectivity index (χ1) is 7.58. The fourth-order valence-corrected chi connectivity index (χ4v) is 1.44. The molecular weight excluding hydrogens is 322 g/mol. The van der Waals surface area contributed by atoms with Gasteiger partial charge in [0.05, 0.1) is 28.6 Å². The summed E-state index contributed by atoms with van der Waals surface area (Å²) in [5.41, 5.74) is 1.13. The SMILES string of the molecule is CCC(C)C=Nc1c(C)nc(F)nc1NI. The third-order valence-electron chi connectivity index (χ3n) is 2.22. The van der Waals surface area contributed by atoms with E-state index in [4.69, 9.17) is 0 Å². The molecule has 1 unspecified atom stereocenters. The molecule has 0 saturated carbocycles. The van der Waals surface area contributed by atoms with Crippen molar-refractivity contribution in [2.75, 3.05) is 3.53 Å². The summed E-state index contributed by atoms with van der Waals surface area (Å²) in [7, 11) is 0. The van der Waals surface area contributed by atoms with Crippen molar-refractivity contribution in [1.82, 2.24) is 9.97 Å². The molecule has 0 saturated heterocycles. The molecule has 1 atom stereocenters. The Morgan fingerprint density at radius 3 is 2.81 bits per heavy atom. The highest BCUT2D eigenvalue weighted by Crippen LogP contribution is 2.26. The van der Waals surface area contributed by atoms with Crippen LogP contribution in [0.1, 0.15) is 26.0 Å². The molecule has 0 aliphatic heterocycles. The summed E-state index contributed by atoms with van der Waals surface area (Å²) < 4.78 is 15.7. The first-order valence-corrected chi connectivity index (χ1v) is 6.11.